The van der Waals surface area contributed by atoms with E-state index in [0.717, 1.165) is 11.1 Å². The summed E-state index contributed by atoms with van der Waals surface area (Å²) in [4.78, 5) is 13.0. The fourth-order valence-electron chi connectivity index (χ4n) is 3.51. The minimum atomic E-state index is -3.37. The largest absolute Gasteiger partial charge is 0.497 e. The number of carbonyl (C=O) groups is 1. The molecule has 0 heterocycles. The van der Waals surface area contributed by atoms with Gasteiger partial charge in [-0.05, 0) is 66.9 Å². The Labute approximate surface area is 200 Å². The quantitative estimate of drug-likeness (QED) is 0.366. The Morgan fingerprint density at radius 1 is 0.971 bits per heavy atom. The third-order valence-corrected chi connectivity index (χ3v) is 6.82. The normalized spacial score (nSPS) is 12.0. The number of rotatable bonds is 10. The van der Waals surface area contributed by atoms with E-state index in [1.165, 1.54) is 0 Å². The average molecular weight is 480 g/mol. The highest BCUT2D eigenvalue weighted by Gasteiger charge is 2.20. The first-order valence-electron chi connectivity index (χ1n) is 10.9. The second-order valence-electron chi connectivity index (χ2n) is 7.88. The van der Waals surface area contributed by atoms with E-state index in [9.17, 15) is 13.2 Å². The van der Waals surface area contributed by atoms with Crippen molar-refractivity contribution in [2.24, 2.45) is 0 Å². The molecule has 0 saturated heterocycles. The molecule has 8 heteroatoms. The van der Waals surface area contributed by atoms with Crippen LogP contribution in [0.4, 0.5) is 5.69 Å². The maximum Gasteiger partial charge on any atom is 0.251 e. The van der Waals surface area contributed by atoms with Gasteiger partial charge in [0.2, 0.25) is 10.0 Å². The predicted octanol–water partition coefficient (Wildman–Crippen LogP) is 4.69. The standard InChI is InChI=1S/C26H29N3O4S/c1-4-34(31,32)29-21-13-9-19(10-14-21)24(27)17-25(23-8-6-5-7-18(23)2)28-26(30)20-11-15-22(33-3)16-12-20/h5-16,25,27,29H,4,17H2,1-3H3,(H,28,30). The molecule has 0 fully saturated rings. The number of carbonyl (C=O) groups excluding carboxylic acids is 1. The summed E-state index contributed by atoms with van der Waals surface area (Å²) in [6, 6.07) is 20.9. The number of nitrogens with one attached hydrogen (secondary N) is 3. The number of amides is 1. The van der Waals surface area contributed by atoms with Gasteiger partial charge in [0.15, 0.2) is 0 Å². The van der Waals surface area contributed by atoms with Gasteiger partial charge in [-0.3, -0.25) is 9.52 Å². The molecule has 3 rings (SSSR count). The molecule has 3 aromatic rings. The minimum Gasteiger partial charge on any atom is -0.497 e. The molecule has 178 valence electrons. The first kappa shape index (κ1) is 25.0. The van der Waals surface area contributed by atoms with Crippen molar-refractivity contribution in [2.45, 2.75) is 26.3 Å². The number of aryl methyl sites for hydroxylation is 1. The van der Waals surface area contributed by atoms with Crippen molar-refractivity contribution in [3.8, 4) is 5.75 Å². The number of hydrogen-bond donors (Lipinski definition) is 3. The van der Waals surface area contributed by atoms with Gasteiger partial charge in [0.05, 0.1) is 18.9 Å². The molecule has 0 aliphatic carbocycles. The zero-order valence-corrected chi connectivity index (χ0v) is 20.3. The van der Waals surface area contributed by atoms with Gasteiger partial charge in [0.1, 0.15) is 5.75 Å². The van der Waals surface area contributed by atoms with Crippen LogP contribution in [0.1, 0.15) is 46.4 Å². The van der Waals surface area contributed by atoms with Crippen LogP contribution in [-0.4, -0.2) is 32.9 Å². The third kappa shape index (κ3) is 6.45. The van der Waals surface area contributed by atoms with Crippen molar-refractivity contribution in [3.63, 3.8) is 0 Å². The van der Waals surface area contributed by atoms with Crippen molar-refractivity contribution >= 4 is 27.3 Å². The molecule has 34 heavy (non-hydrogen) atoms. The number of sulfonamides is 1. The highest BCUT2D eigenvalue weighted by molar-refractivity contribution is 7.92. The van der Waals surface area contributed by atoms with Gasteiger partial charge in [0.25, 0.3) is 5.91 Å². The van der Waals surface area contributed by atoms with E-state index >= 15 is 0 Å². The molecule has 7 nitrogen and oxygen atoms in total. The Balaban J connectivity index is 1.80. The zero-order valence-electron chi connectivity index (χ0n) is 19.5. The van der Waals surface area contributed by atoms with E-state index < -0.39 is 16.1 Å². The Morgan fingerprint density at radius 3 is 2.18 bits per heavy atom. The van der Waals surface area contributed by atoms with Crippen LogP contribution >= 0.6 is 0 Å². The Kier molecular flexibility index (Phi) is 8.07. The summed E-state index contributed by atoms with van der Waals surface area (Å²) in [5, 5.41) is 11.7. The van der Waals surface area contributed by atoms with E-state index in [2.05, 4.69) is 10.0 Å². The van der Waals surface area contributed by atoms with Crippen LogP contribution in [0.25, 0.3) is 0 Å². The van der Waals surface area contributed by atoms with E-state index in [-0.39, 0.29) is 18.1 Å². The van der Waals surface area contributed by atoms with Gasteiger partial charge >= 0.3 is 0 Å². The molecule has 1 atom stereocenters. The van der Waals surface area contributed by atoms with Crippen LogP contribution in [0.3, 0.4) is 0 Å². The summed E-state index contributed by atoms with van der Waals surface area (Å²) in [6.07, 6.45) is 0.271. The van der Waals surface area contributed by atoms with Crippen LogP contribution in [0.5, 0.6) is 5.75 Å². The average Bonchev–Trinajstić information content (AvgIpc) is 2.84. The second kappa shape index (κ2) is 11.0. The molecule has 0 aromatic heterocycles. The Hall–Kier alpha value is -3.65. The summed E-state index contributed by atoms with van der Waals surface area (Å²) in [7, 11) is -1.80. The molecule has 3 aromatic carbocycles. The molecule has 1 unspecified atom stereocenters. The highest BCUT2D eigenvalue weighted by Crippen LogP contribution is 2.24. The number of ether oxygens (including phenoxy) is 1. The van der Waals surface area contributed by atoms with Crippen LogP contribution in [-0.2, 0) is 10.0 Å². The maximum absolute atomic E-state index is 13.0. The molecule has 3 N–H and O–H groups in total. The van der Waals surface area contributed by atoms with E-state index in [4.69, 9.17) is 10.1 Å². The summed E-state index contributed by atoms with van der Waals surface area (Å²) in [5.74, 6) is 0.405. The summed E-state index contributed by atoms with van der Waals surface area (Å²) < 4.78 is 31.2. The molecule has 0 aliphatic rings. The molecule has 0 saturated carbocycles. The number of methoxy groups -OCH3 is 1. The molecular weight excluding hydrogens is 450 g/mol. The van der Waals surface area contributed by atoms with Crippen LogP contribution in [0.2, 0.25) is 0 Å². The van der Waals surface area contributed by atoms with Gasteiger partial charge in [-0.1, -0.05) is 36.4 Å². The summed E-state index contributed by atoms with van der Waals surface area (Å²) >= 11 is 0. The molecule has 0 radical (unpaired) electrons. The molecule has 1 amide bonds. The van der Waals surface area contributed by atoms with Crippen LogP contribution in [0, 0.1) is 12.3 Å². The zero-order chi connectivity index (χ0) is 24.7. The van der Waals surface area contributed by atoms with Gasteiger partial charge in [-0.2, -0.15) is 0 Å². The Morgan fingerprint density at radius 2 is 1.59 bits per heavy atom. The summed E-state index contributed by atoms with van der Waals surface area (Å²) in [6.45, 7) is 3.54. The molecule has 0 spiro atoms. The topological polar surface area (TPSA) is 108 Å². The first-order valence-corrected chi connectivity index (χ1v) is 12.6. The van der Waals surface area contributed by atoms with Crippen molar-refractivity contribution < 1.29 is 17.9 Å². The fourth-order valence-corrected chi connectivity index (χ4v) is 4.15. The van der Waals surface area contributed by atoms with E-state index in [1.54, 1.807) is 62.6 Å². The highest BCUT2D eigenvalue weighted by atomic mass is 32.2. The SMILES string of the molecule is CCS(=O)(=O)Nc1ccc(C(=N)CC(NC(=O)c2ccc(OC)cc2)c2ccccc2C)cc1. The predicted molar refractivity (Wildman–Crippen MR) is 135 cm³/mol. The third-order valence-electron chi connectivity index (χ3n) is 5.52. The summed E-state index contributed by atoms with van der Waals surface area (Å²) in [5.41, 5.74) is 3.87. The van der Waals surface area contributed by atoms with Crippen molar-refractivity contribution in [1.29, 1.82) is 5.41 Å². The molecule has 0 aliphatic heterocycles. The molecule has 0 bridgehead atoms. The first-order chi connectivity index (χ1) is 16.2. The monoisotopic (exact) mass is 479 g/mol. The number of benzene rings is 3. The van der Waals surface area contributed by atoms with Gasteiger partial charge < -0.3 is 15.5 Å². The maximum atomic E-state index is 13.0. The lowest BCUT2D eigenvalue weighted by molar-refractivity contribution is 0.0937. The fraction of sp³-hybridized carbons (Fsp3) is 0.231. The van der Waals surface area contributed by atoms with Crippen molar-refractivity contribution in [2.75, 3.05) is 17.6 Å². The van der Waals surface area contributed by atoms with Crippen LogP contribution < -0.4 is 14.8 Å². The number of hydrogen-bond acceptors (Lipinski definition) is 5. The lowest BCUT2D eigenvalue weighted by atomic mass is 9.94. The van der Waals surface area contributed by atoms with E-state index in [1.807, 2.05) is 31.2 Å². The van der Waals surface area contributed by atoms with Gasteiger partial charge in [-0.15, -0.1) is 0 Å². The minimum absolute atomic E-state index is 0.0173. The smallest absolute Gasteiger partial charge is 0.251 e. The van der Waals surface area contributed by atoms with E-state index in [0.29, 0.717) is 28.3 Å². The number of anilines is 1. The van der Waals surface area contributed by atoms with Crippen LogP contribution in [0.15, 0.2) is 72.8 Å². The Bertz CT molecular complexity index is 1250. The molecular formula is C26H29N3O4S. The van der Waals surface area contributed by atoms with Gasteiger partial charge in [0, 0.05) is 23.4 Å². The van der Waals surface area contributed by atoms with Gasteiger partial charge in [-0.25, -0.2) is 8.42 Å². The lowest BCUT2D eigenvalue weighted by Gasteiger charge is -2.22. The lowest BCUT2D eigenvalue weighted by Crippen LogP contribution is -2.30. The van der Waals surface area contributed by atoms with Crippen molar-refractivity contribution in [3.05, 3.63) is 95.1 Å². The van der Waals surface area contributed by atoms with Crippen molar-refractivity contribution in [1.82, 2.24) is 5.32 Å². The second-order valence-corrected chi connectivity index (χ2v) is 9.89.